The molecule has 166 valence electrons. The van der Waals surface area contributed by atoms with Gasteiger partial charge in [0.1, 0.15) is 17.6 Å². The largest absolute Gasteiger partial charge is 0.468 e. The van der Waals surface area contributed by atoms with Crippen LogP contribution in [0.25, 0.3) is 5.57 Å². The van der Waals surface area contributed by atoms with Gasteiger partial charge in [-0.2, -0.15) is 0 Å². The molecule has 1 saturated carbocycles. The molecule has 0 N–H and O–H groups in total. The lowest BCUT2D eigenvalue weighted by Crippen LogP contribution is -2.20. The van der Waals surface area contributed by atoms with Gasteiger partial charge in [-0.05, 0) is 66.6 Å². The van der Waals surface area contributed by atoms with E-state index in [1.54, 1.807) is 14.2 Å². The van der Waals surface area contributed by atoms with Gasteiger partial charge in [0.2, 0.25) is 0 Å². The summed E-state index contributed by atoms with van der Waals surface area (Å²) in [5, 5.41) is 0. The lowest BCUT2D eigenvalue weighted by Gasteiger charge is -2.26. The molecule has 1 fully saturated rings. The van der Waals surface area contributed by atoms with Crippen LogP contribution in [0.15, 0.2) is 54.1 Å². The fourth-order valence-electron chi connectivity index (χ4n) is 3.81. The Morgan fingerprint density at radius 2 is 1.26 bits per heavy atom. The number of hydrogen-bond acceptors (Lipinski definition) is 6. The van der Waals surface area contributed by atoms with E-state index in [2.05, 4.69) is 24.3 Å². The van der Waals surface area contributed by atoms with E-state index in [0.29, 0.717) is 0 Å². The van der Waals surface area contributed by atoms with Crippen LogP contribution in [-0.4, -0.2) is 39.9 Å². The Hall–Kier alpha value is -2.83. The van der Waals surface area contributed by atoms with Crippen LogP contribution >= 0.6 is 0 Å². The summed E-state index contributed by atoms with van der Waals surface area (Å²) in [4.78, 5) is 11.3. The number of carbonyl (C=O) groups excluding carboxylic acids is 1. The molecule has 0 aromatic heterocycles. The van der Waals surface area contributed by atoms with E-state index >= 15 is 0 Å². The van der Waals surface area contributed by atoms with Crippen molar-refractivity contribution in [3.05, 3.63) is 65.2 Å². The number of ether oxygens (including phenoxy) is 5. The van der Waals surface area contributed by atoms with Crippen LogP contribution in [0.3, 0.4) is 0 Å². The summed E-state index contributed by atoms with van der Waals surface area (Å²) in [6.45, 7) is 1.90. The van der Waals surface area contributed by atoms with Crippen molar-refractivity contribution in [1.82, 2.24) is 0 Å². The Morgan fingerprint density at radius 3 is 1.65 bits per heavy atom. The Morgan fingerprint density at radius 1 is 0.806 bits per heavy atom. The smallest absolute Gasteiger partial charge is 0.302 e. The van der Waals surface area contributed by atoms with Gasteiger partial charge in [0.25, 0.3) is 0 Å². The summed E-state index contributed by atoms with van der Waals surface area (Å²) in [5.41, 5.74) is 4.81. The zero-order valence-corrected chi connectivity index (χ0v) is 18.4. The lowest BCUT2D eigenvalue weighted by molar-refractivity contribution is -0.147. The van der Waals surface area contributed by atoms with E-state index in [0.717, 1.165) is 48.3 Å². The first-order chi connectivity index (χ1) is 15.1. The van der Waals surface area contributed by atoms with Crippen LogP contribution in [-0.2, 0) is 19.0 Å². The third-order valence-corrected chi connectivity index (χ3v) is 5.20. The fourth-order valence-corrected chi connectivity index (χ4v) is 3.81. The Bertz CT molecular complexity index is 806. The predicted molar refractivity (Wildman–Crippen MR) is 118 cm³/mol. The summed E-state index contributed by atoms with van der Waals surface area (Å²) < 4.78 is 26.4. The molecule has 6 nitrogen and oxygen atoms in total. The molecule has 3 rings (SSSR count). The molecule has 0 spiro atoms. The van der Waals surface area contributed by atoms with Gasteiger partial charge in [-0.25, -0.2) is 0 Å². The molecule has 0 atom stereocenters. The summed E-state index contributed by atoms with van der Waals surface area (Å²) in [5.74, 6) is 1.31. The number of rotatable bonds is 9. The molecule has 1 aliphatic rings. The molecular weight excluding hydrogens is 396 g/mol. The average molecular weight is 427 g/mol. The molecule has 2 aromatic carbocycles. The van der Waals surface area contributed by atoms with Crippen LogP contribution in [0.5, 0.6) is 11.5 Å². The molecule has 0 radical (unpaired) electrons. The van der Waals surface area contributed by atoms with Crippen molar-refractivity contribution in [2.75, 3.05) is 27.8 Å². The SMILES string of the molecule is COCOc1ccc(C(=C2CCC(OC(C)=O)CC2)c2ccc(OCOC)cc2)cc1. The van der Waals surface area contributed by atoms with Gasteiger partial charge in [0.05, 0.1) is 0 Å². The minimum atomic E-state index is -0.212. The maximum atomic E-state index is 11.3. The van der Waals surface area contributed by atoms with Crippen LogP contribution in [0, 0.1) is 0 Å². The molecule has 1 aliphatic carbocycles. The Labute approximate surface area is 183 Å². The van der Waals surface area contributed by atoms with Gasteiger partial charge in [-0.3, -0.25) is 4.79 Å². The minimum absolute atomic E-state index is 0.00265. The second-order valence-electron chi connectivity index (χ2n) is 7.44. The van der Waals surface area contributed by atoms with Gasteiger partial charge >= 0.3 is 5.97 Å². The van der Waals surface area contributed by atoms with Crippen molar-refractivity contribution in [2.24, 2.45) is 0 Å². The van der Waals surface area contributed by atoms with Gasteiger partial charge in [0, 0.05) is 21.1 Å². The third kappa shape index (κ3) is 6.57. The Balaban J connectivity index is 1.88. The second-order valence-corrected chi connectivity index (χ2v) is 7.44. The van der Waals surface area contributed by atoms with E-state index in [-0.39, 0.29) is 25.7 Å². The topological polar surface area (TPSA) is 63.2 Å². The maximum absolute atomic E-state index is 11.3. The van der Waals surface area contributed by atoms with Crippen LogP contribution < -0.4 is 9.47 Å². The first-order valence-corrected chi connectivity index (χ1v) is 10.4. The zero-order chi connectivity index (χ0) is 22.1. The zero-order valence-electron chi connectivity index (χ0n) is 18.4. The standard InChI is InChI=1S/C25H30O6/c1-18(26)31-24-14-8-21(9-15-24)25(19-4-10-22(11-5-19)29-16-27-2)20-6-12-23(13-7-20)30-17-28-3/h4-7,10-13,24H,8-9,14-17H2,1-3H3. The number of hydrogen-bond donors (Lipinski definition) is 0. The van der Waals surface area contributed by atoms with Gasteiger partial charge in [0.15, 0.2) is 13.6 Å². The van der Waals surface area contributed by atoms with Crippen molar-refractivity contribution in [2.45, 2.75) is 38.7 Å². The number of benzene rings is 2. The molecule has 0 bridgehead atoms. The first kappa shape index (κ1) is 22.8. The lowest BCUT2D eigenvalue weighted by atomic mass is 9.84. The summed E-state index contributed by atoms with van der Waals surface area (Å²) in [6, 6.07) is 16.1. The number of carbonyl (C=O) groups is 1. The summed E-state index contributed by atoms with van der Waals surface area (Å²) >= 11 is 0. The molecule has 0 heterocycles. The summed E-state index contributed by atoms with van der Waals surface area (Å²) in [7, 11) is 3.20. The normalized spacial score (nSPS) is 16.0. The van der Waals surface area contributed by atoms with Gasteiger partial charge < -0.3 is 23.7 Å². The van der Waals surface area contributed by atoms with E-state index in [4.69, 9.17) is 23.7 Å². The highest BCUT2D eigenvalue weighted by Crippen LogP contribution is 2.37. The van der Waals surface area contributed by atoms with Crippen LogP contribution in [0.4, 0.5) is 0 Å². The van der Waals surface area contributed by atoms with E-state index in [1.807, 2.05) is 24.3 Å². The number of esters is 1. The molecule has 0 aliphatic heterocycles. The van der Waals surface area contributed by atoms with Crippen molar-refractivity contribution in [3.8, 4) is 11.5 Å². The van der Waals surface area contributed by atoms with Crippen molar-refractivity contribution >= 4 is 11.5 Å². The van der Waals surface area contributed by atoms with Gasteiger partial charge in [-0.15, -0.1) is 0 Å². The van der Waals surface area contributed by atoms with E-state index < -0.39 is 0 Å². The third-order valence-electron chi connectivity index (χ3n) is 5.20. The number of allylic oxidation sites excluding steroid dienone is 1. The van der Waals surface area contributed by atoms with Crippen LogP contribution in [0.1, 0.15) is 43.7 Å². The molecule has 0 amide bonds. The van der Waals surface area contributed by atoms with E-state index in [9.17, 15) is 4.79 Å². The maximum Gasteiger partial charge on any atom is 0.302 e. The molecule has 6 heteroatoms. The highest BCUT2D eigenvalue weighted by Gasteiger charge is 2.22. The highest BCUT2D eigenvalue weighted by molar-refractivity contribution is 5.82. The Kier molecular flexibility index (Phi) is 8.50. The molecule has 0 unspecified atom stereocenters. The average Bonchev–Trinajstić information content (AvgIpc) is 2.79. The molecule has 0 saturated heterocycles. The summed E-state index contributed by atoms with van der Waals surface area (Å²) in [6.07, 6.45) is 3.44. The number of methoxy groups -OCH3 is 2. The highest BCUT2D eigenvalue weighted by atomic mass is 16.7. The molecular formula is C25H30O6. The van der Waals surface area contributed by atoms with Crippen molar-refractivity contribution in [1.29, 1.82) is 0 Å². The molecule has 31 heavy (non-hydrogen) atoms. The van der Waals surface area contributed by atoms with Crippen molar-refractivity contribution in [3.63, 3.8) is 0 Å². The monoisotopic (exact) mass is 426 g/mol. The quantitative estimate of drug-likeness (QED) is 0.417. The minimum Gasteiger partial charge on any atom is -0.468 e. The first-order valence-electron chi connectivity index (χ1n) is 10.4. The van der Waals surface area contributed by atoms with Gasteiger partial charge in [-0.1, -0.05) is 29.8 Å². The van der Waals surface area contributed by atoms with E-state index in [1.165, 1.54) is 18.1 Å². The molecule has 2 aromatic rings. The second kappa shape index (κ2) is 11.5. The fraction of sp³-hybridized carbons (Fsp3) is 0.400. The van der Waals surface area contributed by atoms with Crippen molar-refractivity contribution < 1.29 is 28.5 Å². The van der Waals surface area contributed by atoms with Crippen LogP contribution in [0.2, 0.25) is 0 Å². The predicted octanol–water partition coefficient (Wildman–Crippen LogP) is 4.96.